The van der Waals surface area contributed by atoms with Gasteiger partial charge in [0.2, 0.25) is 0 Å². The molecule has 1 spiro atoms. The maximum atomic E-state index is 12.6. The number of carbonyl (C=O) groups is 2. The molecule has 0 aromatic heterocycles. The van der Waals surface area contributed by atoms with Crippen LogP contribution in [0.2, 0.25) is 0 Å². The Hall–Kier alpha value is -2.04. The molecule has 122 valence electrons. The van der Waals surface area contributed by atoms with E-state index in [1.165, 1.54) is 7.11 Å². The Morgan fingerprint density at radius 3 is 2.83 bits per heavy atom. The molecule has 0 saturated heterocycles. The first-order chi connectivity index (χ1) is 11.0. The van der Waals surface area contributed by atoms with Crippen LogP contribution < -0.4 is 10.6 Å². The Balaban J connectivity index is 1.70. The van der Waals surface area contributed by atoms with E-state index in [1.807, 2.05) is 24.3 Å². The van der Waals surface area contributed by atoms with Crippen molar-refractivity contribution in [3.8, 4) is 0 Å². The fourth-order valence-electron chi connectivity index (χ4n) is 4.95. The van der Waals surface area contributed by atoms with Crippen molar-refractivity contribution in [1.82, 2.24) is 5.32 Å². The molecule has 4 aliphatic rings. The monoisotopic (exact) mass is 314 g/mol. The second kappa shape index (κ2) is 4.73. The number of fused-ring (bicyclic) bond motifs is 3. The number of para-hydroxylation sites is 1. The number of hydrogen-bond acceptors (Lipinski definition) is 4. The average molecular weight is 314 g/mol. The third kappa shape index (κ3) is 1.98. The molecule has 0 radical (unpaired) electrons. The molecule has 5 nitrogen and oxygen atoms in total. The summed E-state index contributed by atoms with van der Waals surface area (Å²) in [5.41, 5.74) is 0.994. The van der Waals surface area contributed by atoms with E-state index in [0.29, 0.717) is 5.56 Å². The van der Waals surface area contributed by atoms with Gasteiger partial charge in [-0.1, -0.05) is 19.1 Å². The van der Waals surface area contributed by atoms with Crippen LogP contribution >= 0.6 is 0 Å². The van der Waals surface area contributed by atoms with E-state index in [1.54, 1.807) is 0 Å². The molecule has 0 unspecified atom stereocenters. The van der Waals surface area contributed by atoms with E-state index in [9.17, 15) is 9.59 Å². The Kier molecular flexibility index (Phi) is 2.99. The van der Waals surface area contributed by atoms with Crippen LogP contribution in [-0.4, -0.2) is 24.6 Å². The van der Waals surface area contributed by atoms with Gasteiger partial charge in [0.15, 0.2) is 0 Å². The highest BCUT2D eigenvalue weighted by molar-refractivity contribution is 6.02. The highest BCUT2D eigenvalue weighted by Gasteiger charge is 2.60. The number of anilines is 1. The van der Waals surface area contributed by atoms with Crippen molar-refractivity contribution in [1.29, 1.82) is 0 Å². The van der Waals surface area contributed by atoms with Crippen LogP contribution in [0.4, 0.5) is 5.69 Å². The summed E-state index contributed by atoms with van der Waals surface area (Å²) in [6.07, 6.45) is 3.53. The Morgan fingerprint density at radius 2 is 2.09 bits per heavy atom. The number of ether oxygens (including phenoxy) is 1. The smallest absolute Gasteiger partial charge is 0.309 e. The van der Waals surface area contributed by atoms with Crippen molar-refractivity contribution in [2.75, 3.05) is 12.4 Å². The topological polar surface area (TPSA) is 67.4 Å². The van der Waals surface area contributed by atoms with Crippen molar-refractivity contribution in [2.45, 2.75) is 38.3 Å². The highest BCUT2D eigenvalue weighted by atomic mass is 16.5. The van der Waals surface area contributed by atoms with Crippen LogP contribution in [0.15, 0.2) is 24.3 Å². The lowest BCUT2D eigenvalue weighted by Gasteiger charge is -2.60. The van der Waals surface area contributed by atoms with Gasteiger partial charge in [0.05, 0.1) is 18.6 Å². The van der Waals surface area contributed by atoms with Crippen molar-refractivity contribution >= 4 is 17.6 Å². The summed E-state index contributed by atoms with van der Waals surface area (Å²) in [4.78, 5) is 24.7. The van der Waals surface area contributed by atoms with Gasteiger partial charge in [0.1, 0.15) is 5.66 Å². The zero-order chi connectivity index (χ0) is 16.2. The molecule has 1 aromatic carbocycles. The van der Waals surface area contributed by atoms with Gasteiger partial charge in [-0.05, 0) is 43.2 Å². The van der Waals surface area contributed by atoms with Gasteiger partial charge in [0.25, 0.3) is 5.91 Å². The molecule has 3 saturated carbocycles. The van der Waals surface area contributed by atoms with E-state index in [0.717, 1.165) is 31.4 Å². The van der Waals surface area contributed by atoms with E-state index in [4.69, 9.17) is 4.74 Å². The molecular weight excluding hydrogens is 292 g/mol. The van der Waals surface area contributed by atoms with Crippen molar-refractivity contribution in [3.63, 3.8) is 0 Å². The molecular formula is C18H22N2O3. The fourth-order valence-corrected chi connectivity index (χ4v) is 4.95. The van der Waals surface area contributed by atoms with Gasteiger partial charge in [-0.15, -0.1) is 0 Å². The molecule has 1 aromatic rings. The first-order valence-corrected chi connectivity index (χ1v) is 8.25. The number of nitrogens with one attached hydrogen (secondary N) is 2. The van der Waals surface area contributed by atoms with Crippen LogP contribution in [0.1, 0.15) is 43.0 Å². The summed E-state index contributed by atoms with van der Waals surface area (Å²) in [5, 5.41) is 6.81. The van der Waals surface area contributed by atoms with Gasteiger partial charge in [-0.2, -0.15) is 0 Å². The predicted octanol–water partition coefficient (Wildman–Crippen LogP) is 2.54. The van der Waals surface area contributed by atoms with Crippen LogP contribution in [-0.2, 0) is 9.53 Å². The molecule has 3 aliphatic carbocycles. The molecule has 2 bridgehead atoms. The van der Waals surface area contributed by atoms with Crippen molar-refractivity contribution in [3.05, 3.63) is 29.8 Å². The molecule has 5 heteroatoms. The van der Waals surface area contributed by atoms with Crippen LogP contribution in [0.25, 0.3) is 0 Å². The summed E-state index contributed by atoms with van der Waals surface area (Å²) in [6.45, 7) is 2.15. The molecule has 4 atom stereocenters. The van der Waals surface area contributed by atoms with Crippen LogP contribution in [0.3, 0.4) is 0 Å². The summed E-state index contributed by atoms with van der Waals surface area (Å²) < 4.78 is 5.01. The second-order valence-electron chi connectivity index (χ2n) is 7.47. The molecule has 23 heavy (non-hydrogen) atoms. The van der Waals surface area contributed by atoms with Crippen LogP contribution in [0.5, 0.6) is 0 Å². The molecule has 1 heterocycles. The summed E-state index contributed by atoms with van der Waals surface area (Å²) in [7, 11) is 1.46. The molecule has 2 N–H and O–H groups in total. The van der Waals surface area contributed by atoms with E-state index < -0.39 is 5.66 Å². The number of methoxy groups -OCH3 is 1. The predicted molar refractivity (Wildman–Crippen MR) is 85.8 cm³/mol. The largest absolute Gasteiger partial charge is 0.469 e. The number of amides is 1. The molecule has 3 fully saturated rings. The van der Waals surface area contributed by atoms with Gasteiger partial charge < -0.3 is 15.4 Å². The lowest BCUT2D eigenvalue weighted by atomic mass is 9.51. The minimum Gasteiger partial charge on any atom is -0.469 e. The Bertz CT molecular complexity index is 689. The Labute approximate surface area is 135 Å². The number of benzene rings is 1. The Morgan fingerprint density at radius 1 is 1.30 bits per heavy atom. The van der Waals surface area contributed by atoms with Gasteiger partial charge in [0, 0.05) is 11.6 Å². The minimum absolute atomic E-state index is 0.0230. The zero-order valence-corrected chi connectivity index (χ0v) is 13.5. The number of carbonyl (C=O) groups excluding carboxylic acids is 2. The minimum atomic E-state index is -0.442. The van der Waals surface area contributed by atoms with Gasteiger partial charge in [-0.3, -0.25) is 9.59 Å². The van der Waals surface area contributed by atoms with Gasteiger partial charge >= 0.3 is 5.97 Å². The lowest BCUT2D eigenvalue weighted by molar-refractivity contribution is -0.160. The average Bonchev–Trinajstić information content (AvgIpc) is 2.53. The number of esters is 1. The normalized spacial score (nSPS) is 37.7. The second-order valence-corrected chi connectivity index (χ2v) is 7.47. The molecule has 1 amide bonds. The van der Waals surface area contributed by atoms with Crippen molar-refractivity contribution < 1.29 is 14.3 Å². The third-order valence-corrected chi connectivity index (χ3v) is 6.16. The quantitative estimate of drug-likeness (QED) is 0.782. The van der Waals surface area contributed by atoms with Crippen molar-refractivity contribution in [2.24, 2.45) is 17.3 Å². The maximum Gasteiger partial charge on any atom is 0.309 e. The van der Waals surface area contributed by atoms with E-state index in [-0.39, 0.29) is 29.1 Å². The zero-order valence-electron chi connectivity index (χ0n) is 13.5. The first kappa shape index (κ1) is 14.5. The fraction of sp³-hybridized carbons (Fsp3) is 0.556. The van der Waals surface area contributed by atoms with E-state index >= 15 is 0 Å². The summed E-state index contributed by atoms with van der Waals surface area (Å²) >= 11 is 0. The first-order valence-electron chi connectivity index (χ1n) is 8.25. The number of rotatable bonds is 1. The number of hydrogen-bond donors (Lipinski definition) is 2. The SMILES string of the molecule is COC(=O)[C@H]1C[C@@H]2CC[C@]1(C)C[C@]21NC(=O)c2ccccc2N1. The maximum absolute atomic E-state index is 12.6. The van der Waals surface area contributed by atoms with E-state index in [2.05, 4.69) is 17.6 Å². The summed E-state index contributed by atoms with van der Waals surface area (Å²) in [6, 6.07) is 7.61. The lowest BCUT2D eigenvalue weighted by Crippen LogP contribution is -2.69. The molecule has 1 aliphatic heterocycles. The molecule has 5 rings (SSSR count). The van der Waals surface area contributed by atoms with Crippen LogP contribution in [0, 0.1) is 17.3 Å². The van der Waals surface area contributed by atoms with Gasteiger partial charge in [-0.25, -0.2) is 0 Å². The third-order valence-electron chi connectivity index (χ3n) is 6.16. The summed E-state index contributed by atoms with van der Waals surface area (Å²) in [5.74, 6) is 0.0261. The standard InChI is InChI=1S/C18H22N2O3/c1-17-8-7-11(9-13(17)16(22)23-2)18(10-17)19-14-6-4-3-5-12(14)15(21)20-18/h3-6,11,13,19H,7-10H2,1-2H3,(H,20,21)/t11-,13+,17+,18-/m0/s1. The highest BCUT2D eigenvalue weighted by Crippen LogP contribution is 2.58.